The largest absolute Gasteiger partial charge is 0.462 e. The van der Waals surface area contributed by atoms with E-state index in [9.17, 15) is 14.4 Å². The molecule has 0 aliphatic rings. The van der Waals surface area contributed by atoms with E-state index in [1.165, 1.54) is 141 Å². The molecule has 0 aromatic carbocycles. The molecule has 6 nitrogen and oxygen atoms in total. The maximum atomic E-state index is 12.9. The molecule has 0 aromatic rings. The van der Waals surface area contributed by atoms with Crippen LogP contribution in [0, 0.1) is 0 Å². The molecule has 0 bridgehead atoms. The van der Waals surface area contributed by atoms with Gasteiger partial charge in [0, 0.05) is 19.3 Å². The first-order valence-electron chi connectivity index (χ1n) is 34.7. The molecule has 1 atom stereocenters. The first-order chi connectivity index (χ1) is 41.0. The standard InChI is InChI=1S/C77H128O6/c1-4-7-10-13-15-17-19-21-23-25-27-29-31-33-35-36-37-38-39-40-42-43-45-47-49-51-53-55-57-59-61-64-67-70-76(79)82-73-74(72-81-75(78)69-66-63-12-9-6-3)83-77(80)71-68-65-62-60-58-56-54-52-50-48-46-44-41-34-32-30-28-26-24-22-20-18-16-14-11-8-5-2/h7,10,15,17,21,23,26-29,33,35,37-38,40,42,45,47,51,53,57,59,74H,4-6,8-9,11-14,16,18-20,22,24-25,30-32,34,36,39,41,43-44,46,48-50,52,54-56,58,60-73H2,1-3H3/b10-7-,17-15-,23-21-,28-26-,29-27-,35-33-,38-37-,42-40-,47-45-,53-51-,59-57-. The monoisotopic (exact) mass is 1150 g/mol. The van der Waals surface area contributed by atoms with Crippen molar-refractivity contribution in [2.24, 2.45) is 0 Å². The third kappa shape index (κ3) is 68.2. The molecule has 0 heterocycles. The zero-order valence-corrected chi connectivity index (χ0v) is 54.2. The van der Waals surface area contributed by atoms with Gasteiger partial charge < -0.3 is 14.2 Å². The summed E-state index contributed by atoms with van der Waals surface area (Å²) >= 11 is 0. The van der Waals surface area contributed by atoms with Crippen molar-refractivity contribution in [1.29, 1.82) is 0 Å². The summed E-state index contributed by atoms with van der Waals surface area (Å²) < 4.78 is 16.8. The lowest BCUT2D eigenvalue weighted by molar-refractivity contribution is -0.167. The Labute approximate surface area is 513 Å². The van der Waals surface area contributed by atoms with E-state index in [0.29, 0.717) is 19.3 Å². The van der Waals surface area contributed by atoms with Gasteiger partial charge in [-0.15, -0.1) is 0 Å². The van der Waals surface area contributed by atoms with E-state index < -0.39 is 6.10 Å². The molecule has 0 N–H and O–H groups in total. The average Bonchev–Trinajstić information content (AvgIpc) is 3.49. The average molecular weight is 1150 g/mol. The highest BCUT2D eigenvalue weighted by atomic mass is 16.6. The number of esters is 3. The lowest BCUT2D eigenvalue weighted by Gasteiger charge is -2.18. The molecule has 0 rings (SSSR count). The molecule has 0 radical (unpaired) electrons. The van der Waals surface area contributed by atoms with Crippen LogP contribution in [0.5, 0.6) is 0 Å². The molecule has 0 aromatic heterocycles. The zero-order chi connectivity index (χ0) is 59.9. The van der Waals surface area contributed by atoms with Gasteiger partial charge in [0.1, 0.15) is 13.2 Å². The van der Waals surface area contributed by atoms with E-state index in [2.05, 4.69) is 154 Å². The SMILES string of the molecule is CC/C=C\C/C=C\C/C=C\C/C=C\C/C=C\C/C=C\C/C=C\C/C=C\C/C=C\C/C=C\CCCCC(=O)OCC(COC(=O)CCCCCCC)OC(=O)CCCCCCCCCCCCCCCCC/C=C\CCCCCCCCCC. The van der Waals surface area contributed by atoms with Crippen molar-refractivity contribution < 1.29 is 28.6 Å². The Balaban J connectivity index is 4.12. The molecular formula is C77H128O6. The maximum absolute atomic E-state index is 12.9. The molecule has 0 amide bonds. The summed E-state index contributed by atoms with van der Waals surface area (Å²) in [6, 6.07) is 0. The Morgan fingerprint density at radius 3 is 0.771 bits per heavy atom. The summed E-state index contributed by atoms with van der Waals surface area (Å²) in [5.41, 5.74) is 0. The molecule has 0 spiro atoms. The van der Waals surface area contributed by atoms with Gasteiger partial charge in [-0.25, -0.2) is 0 Å². The summed E-state index contributed by atoms with van der Waals surface area (Å²) in [5.74, 6) is -0.948. The third-order valence-corrected chi connectivity index (χ3v) is 14.6. The van der Waals surface area contributed by atoms with Crippen LogP contribution in [0.1, 0.15) is 316 Å². The quantitative estimate of drug-likeness (QED) is 0.0261. The highest BCUT2D eigenvalue weighted by molar-refractivity contribution is 5.71. The molecule has 0 saturated heterocycles. The van der Waals surface area contributed by atoms with E-state index >= 15 is 0 Å². The second-order valence-electron chi connectivity index (χ2n) is 22.7. The van der Waals surface area contributed by atoms with Crippen molar-refractivity contribution in [2.45, 2.75) is 322 Å². The Morgan fingerprint density at radius 2 is 0.470 bits per heavy atom. The molecular weight excluding hydrogens is 1020 g/mol. The van der Waals surface area contributed by atoms with Crippen molar-refractivity contribution in [1.82, 2.24) is 0 Å². The number of hydrogen-bond donors (Lipinski definition) is 0. The minimum Gasteiger partial charge on any atom is -0.462 e. The van der Waals surface area contributed by atoms with E-state index in [1.807, 2.05) is 0 Å². The van der Waals surface area contributed by atoms with Gasteiger partial charge in [-0.2, -0.15) is 0 Å². The number of carbonyl (C=O) groups is 3. The smallest absolute Gasteiger partial charge is 0.306 e. The fraction of sp³-hybridized carbons (Fsp3) is 0.675. The number of carbonyl (C=O) groups excluding carboxylic acids is 3. The van der Waals surface area contributed by atoms with Gasteiger partial charge in [-0.1, -0.05) is 309 Å². The number of hydrogen-bond acceptors (Lipinski definition) is 6. The molecule has 0 fully saturated rings. The van der Waals surface area contributed by atoms with Crippen molar-refractivity contribution in [3.8, 4) is 0 Å². The second kappa shape index (κ2) is 70.0. The number of rotatable bonds is 62. The van der Waals surface area contributed by atoms with E-state index in [0.717, 1.165) is 135 Å². The van der Waals surface area contributed by atoms with Crippen molar-refractivity contribution >= 4 is 17.9 Å². The van der Waals surface area contributed by atoms with Crippen LogP contribution in [0.3, 0.4) is 0 Å². The van der Waals surface area contributed by atoms with Crippen LogP contribution >= 0.6 is 0 Å². The topological polar surface area (TPSA) is 78.9 Å². The van der Waals surface area contributed by atoms with Gasteiger partial charge >= 0.3 is 17.9 Å². The van der Waals surface area contributed by atoms with Crippen LogP contribution in [-0.4, -0.2) is 37.2 Å². The van der Waals surface area contributed by atoms with Crippen LogP contribution in [0.15, 0.2) is 134 Å². The molecule has 472 valence electrons. The Kier molecular flexibility index (Phi) is 66.3. The highest BCUT2D eigenvalue weighted by Crippen LogP contribution is 2.16. The predicted octanol–water partition coefficient (Wildman–Crippen LogP) is 24.1. The number of unbranched alkanes of at least 4 members (excludes halogenated alkanes) is 29. The fourth-order valence-corrected chi connectivity index (χ4v) is 9.47. The third-order valence-electron chi connectivity index (χ3n) is 14.6. The summed E-state index contributed by atoms with van der Waals surface area (Å²) in [4.78, 5) is 38.0. The molecule has 83 heavy (non-hydrogen) atoms. The maximum Gasteiger partial charge on any atom is 0.306 e. The van der Waals surface area contributed by atoms with Gasteiger partial charge in [0.15, 0.2) is 6.10 Å². The van der Waals surface area contributed by atoms with Crippen LogP contribution in [-0.2, 0) is 28.6 Å². The normalized spacial score (nSPS) is 13.0. The Hall–Kier alpha value is -4.45. The molecule has 6 heteroatoms. The predicted molar refractivity (Wildman–Crippen MR) is 362 cm³/mol. The first kappa shape index (κ1) is 78.5. The van der Waals surface area contributed by atoms with Gasteiger partial charge in [-0.3, -0.25) is 14.4 Å². The van der Waals surface area contributed by atoms with E-state index in [-0.39, 0.29) is 31.1 Å². The minimum atomic E-state index is -0.796. The summed E-state index contributed by atoms with van der Waals surface area (Å²) in [6.45, 7) is 6.42. The summed E-state index contributed by atoms with van der Waals surface area (Å²) in [7, 11) is 0. The first-order valence-corrected chi connectivity index (χ1v) is 34.7. The van der Waals surface area contributed by atoms with Gasteiger partial charge in [-0.05, 0) is 122 Å². The number of allylic oxidation sites excluding steroid dienone is 22. The Bertz CT molecular complexity index is 1750. The second-order valence-corrected chi connectivity index (χ2v) is 22.7. The van der Waals surface area contributed by atoms with E-state index in [4.69, 9.17) is 14.2 Å². The molecule has 0 aliphatic carbocycles. The van der Waals surface area contributed by atoms with Crippen LogP contribution in [0.2, 0.25) is 0 Å². The van der Waals surface area contributed by atoms with Gasteiger partial charge in [0.05, 0.1) is 0 Å². The van der Waals surface area contributed by atoms with Crippen molar-refractivity contribution in [3.63, 3.8) is 0 Å². The molecule has 0 aliphatic heterocycles. The van der Waals surface area contributed by atoms with E-state index in [1.54, 1.807) is 0 Å². The lowest BCUT2D eigenvalue weighted by Crippen LogP contribution is -2.30. The minimum absolute atomic E-state index is 0.0937. The van der Waals surface area contributed by atoms with Crippen molar-refractivity contribution in [3.05, 3.63) is 134 Å². The lowest BCUT2D eigenvalue weighted by atomic mass is 10.0. The van der Waals surface area contributed by atoms with Gasteiger partial charge in [0.2, 0.25) is 0 Å². The molecule has 1 unspecified atom stereocenters. The zero-order valence-electron chi connectivity index (χ0n) is 54.2. The summed E-state index contributed by atoms with van der Waals surface area (Å²) in [5, 5.41) is 0. The summed E-state index contributed by atoms with van der Waals surface area (Å²) in [6.07, 6.45) is 99.6. The fourth-order valence-electron chi connectivity index (χ4n) is 9.47. The number of ether oxygens (including phenoxy) is 3. The van der Waals surface area contributed by atoms with Gasteiger partial charge in [0.25, 0.3) is 0 Å². The van der Waals surface area contributed by atoms with Crippen molar-refractivity contribution in [2.75, 3.05) is 13.2 Å². The van der Waals surface area contributed by atoms with Crippen LogP contribution < -0.4 is 0 Å². The Morgan fingerprint density at radius 1 is 0.253 bits per heavy atom. The highest BCUT2D eigenvalue weighted by Gasteiger charge is 2.19. The van der Waals surface area contributed by atoms with Crippen LogP contribution in [0.25, 0.3) is 0 Å². The van der Waals surface area contributed by atoms with Crippen LogP contribution in [0.4, 0.5) is 0 Å². The molecule has 0 saturated carbocycles.